The summed E-state index contributed by atoms with van der Waals surface area (Å²) in [7, 11) is 1.84. The van der Waals surface area contributed by atoms with E-state index in [-0.39, 0.29) is 12.1 Å². The minimum Gasteiger partial charge on any atom is -0.335 e. The maximum Gasteiger partial charge on any atom is 0.318 e. The lowest BCUT2D eigenvalue weighted by molar-refractivity contribution is 0.193. The number of nitrogens with zero attached hydrogens (tertiary/aromatic N) is 2. The first-order valence-electron chi connectivity index (χ1n) is 8.25. The molecule has 1 aromatic carbocycles. The van der Waals surface area contributed by atoms with Crippen LogP contribution in [-0.4, -0.2) is 29.0 Å². The van der Waals surface area contributed by atoms with Gasteiger partial charge in [0.15, 0.2) is 0 Å². The van der Waals surface area contributed by atoms with Crippen LogP contribution in [0, 0.1) is 0 Å². The zero-order valence-corrected chi connectivity index (χ0v) is 13.5. The van der Waals surface area contributed by atoms with Gasteiger partial charge in [-0.05, 0) is 30.5 Å². The number of nitrogens with one attached hydrogen (secondary N) is 1. The van der Waals surface area contributed by atoms with E-state index in [2.05, 4.69) is 10.3 Å². The standard InChI is InChI=1S/C19H23N3O/c1-22(19(23)21-16-11-5-6-12-16)18(15-9-3-2-4-10-15)17-13-7-8-14-20-17/h2-4,7-10,13-14,16,18H,5-6,11-12H2,1H3,(H,21,23)/t18-/m1/s1. The van der Waals surface area contributed by atoms with Gasteiger partial charge in [-0.1, -0.05) is 49.2 Å². The second-order valence-electron chi connectivity index (χ2n) is 6.11. The second-order valence-corrected chi connectivity index (χ2v) is 6.11. The van der Waals surface area contributed by atoms with Crippen LogP contribution in [-0.2, 0) is 0 Å². The van der Waals surface area contributed by atoms with E-state index in [1.54, 1.807) is 11.1 Å². The molecule has 3 rings (SSSR count). The molecular formula is C19H23N3O. The van der Waals surface area contributed by atoms with E-state index in [0.717, 1.165) is 24.1 Å². The predicted molar refractivity (Wildman–Crippen MR) is 91.1 cm³/mol. The van der Waals surface area contributed by atoms with E-state index in [1.165, 1.54) is 12.8 Å². The third kappa shape index (κ3) is 3.70. The molecule has 23 heavy (non-hydrogen) atoms. The Morgan fingerprint density at radius 3 is 2.48 bits per heavy atom. The Bertz CT molecular complexity index is 584. The summed E-state index contributed by atoms with van der Waals surface area (Å²) in [5.41, 5.74) is 1.94. The Labute approximate surface area is 137 Å². The molecule has 0 saturated heterocycles. The van der Waals surface area contributed by atoms with Crippen LogP contribution in [0.15, 0.2) is 54.7 Å². The minimum absolute atomic E-state index is 0.0311. The molecule has 0 bridgehead atoms. The van der Waals surface area contributed by atoms with Crippen molar-refractivity contribution >= 4 is 6.03 Å². The molecular weight excluding hydrogens is 286 g/mol. The molecule has 0 spiro atoms. The van der Waals surface area contributed by atoms with Crippen molar-refractivity contribution in [3.05, 3.63) is 66.0 Å². The summed E-state index contributed by atoms with van der Waals surface area (Å²) in [5.74, 6) is 0. The lowest BCUT2D eigenvalue weighted by atomic mass is 10.0. The number of benzene rings is 1. The number of amides is 2. The molecule has 0 unspecified atom stereocenters. The zero-order valence-electron chi connectivity index (χ0n) is 13.5. The summed E-state index contributed by atoms with van der Waals surface area (Å²) in [4.78, 5) is 18.9. The Morgan fingerprint density at radius 1 is 1.13 bits per heavy atom. The van der Waals surface area contributed by atoms with E-state index in [0.29, 0.717) is 6.04 Å². The van der Waals surface area contributed by atoms with E-state index >= 15 is 0 Å². The fourth-order valence-electron chi connectivity index (χ4n) is 3.23. The van der Waals surface area contributed by atoms with Gasteiger partial charge < -0.3 is 10.2 Å². The number of urea groups is 1. The summed E-state index contributed by atoms with van der Waals surface area (Å²) in [6.07, 6.45) is 6.35. The van der Waals surface area contributed by atoms with Crippen molar-refractivity contribution in [2.45, 2.75) is 37.8 Å². The Hall–Kier alpha value is -2.36. The average molecular weight is 309 g/mol. The first-order chi connectivity index (χ1) is 11.3. The smallest absolute Gasteiger partial charge is 0.318 e. The molecule has 2 aromatic rings. The molecule has 0 radical (unpaired) electrons. The van der Waals surface area contributed by atoms with Crippen LogP contribution < -0.4 is 5.32 Å². The Morgan fingerprint density at radius 2 is 1.83 bits per heavy atom. The molecule has 1 aliphatic rings. The van der Waals surface area contributed by atoms with Crippen LogP contribution in [0.2, 0.25) is 0 Å². The number of hydrogen-bond donors (Lipinski definition) is 1. The quantitative estimate of drug-likeness (QED) is 0.934. The third-order valence-electron chi connectivity index (χ3n) is 4.47. The van der Waals surface area contributed by atoms with Crippen LogP contribution in [0.25, 0.3) is 0 Å². The highest BCUT2D eigenvalue weighted by atomic mass is 16.2. The van der Waals surface area contributed by atoms with Gasteiger partial charge in [-0.2, -0.15) is 0 Å². The van der Waals surface area contributed by atoms with Gasteiger partial charge in [0.2, 0.25) is 0 Å². The van der Waals surface area contributed by atoms with Crippen molar-refractivity contribution in [1.29, 1.82) is 0 Å². The summed E-state index contributed by atoms with van der Waals surface area (Å²) in [6, 6.07) is 16.0. The number of hydrogen-bond acceptors (Lipinski definition) is 2. The van der Waals surface area contributed by atoms with Gasteiger partial charge in [0.05, 0.1) is 5.69 Å². The zero-order chi connectivity index (χ0) is 16.1. The Balaban J connectivity index is 1.84. The van der Waals surface area contributed by atoms with Crippen molar-refractivity contribution in [3.63, 3.8) is 0 Å². The molecule has 1 fully saturated rings. The first kappa shape index (κ1) is 15.5. The van der Waals surface area contributed by atoms with Gasteiger partial charge in [0, 0.05) is 19.3 Å². The average Bonchev–Trinajstić information content (AvgIpc) is 3.10. The van der Waals surface area contributed by atoms with Crippen molar-refractivity contribution in [2.24, 2.45) is 0 Å². The molecule has 1 atom stereocenters. The van der Waals surface area contributed by atoms with Gasteiger partial charge in [-0.15, -0.1) is 0 Å². The van der Waals surface area contributed by atoms with Gasteiger partial charge in [-0.3, -0.25) is 4.98 Å². The highest BCUT2D eigenvalue weighted by Gasteiger charge is 2.26. The normalized spacial score (nSPS) is 16.0. The molecule has 1 heterocycles. The summed E-state index contributed by atoms with van der Waals surface area (Å²) in [6.45, 7) is 0. The SMILES string of the molecule is CN(C(=O)NC1CCCC1)[C@H](c1ccccc1)c1ccccn1. The maximum absolute atomic E-state index is 12.7. The molecule has 1 aliphatic carbocycles. The molecule has 1 saturated carbocycles. The summed E-state index contributed by atoms with van der Waals surface area (Å²) >= 11 is 0. The van der Waals surface area contributed by atoms with Crippen molar-refractivity contribution in [2.75, 3.05) is 7.05 Å². The number of rotatable bonds is 4. The molecule has 2 amide bonds. The monoisotopic (exact) mass is 309 g/mol. The number of aromatic nitrogens is 1. The van der Waals surface area contributed by atoms with E-state index < -0.39 is 0 Å². The van der Waals surface area contributed by atoms with Gasteiger partial charge in [-0.25, -0.2) is 4.79 Å². The highest BCUT2D eigenvalue weighted by molar-refractivity contribution is 5.75. The molecule has 4 heteroatoms. The lowest BCUT2D eigenvalue weighted by Crippen LogP contribution is -2.44. The first-order valence-corrected chi connectivity index (χ1v) is 8.25. The van der Waals surface area contributed by atoms with Crippen molar-refractivity contribution in [1.82, 2.24) is 15.2 Å². The molecule has 4 nitrogen and oxygen atoms in total. The lowest BCUT2D eigenvalue weighted by Gasteiger charge is -2.29. The van der Waals surface area contributed by atoms with Crippen LogP contribution in [0.1, 0.15) is 43.0 Å². The van der Waals surface area contributed by atoms with Crippen LogP contribution in [0.3, 0.4) is 0 Å². The van der Waals surface area contributed by atoms with Gasteiger partial charge >= 0.3 is 6.03 Å². The molecule has 1 N–H and O–H groups in total. The van der Waals surface area contributed by atoms with Crippen molar-refractivity contribution in [3.8, 4) is 0 Å². The second kappa shape index (κ2) is 7.27. The minimum atomic E-state index is -0.182. The Kier molecular flexibility index (Phi) is 4.91. The molecule has 0 aliphatic heterocycles. The number of carbonyl (C=O) groups excluding carboxylic acids is 1. The molecule has 120 valence electrons. The fourth-order valence-corrected chi connectivity index (χ4v) is 3.23. The van der Waals surface area contributed by atoms with Crippen LogP contribution in [0.4, 0.5) is 4.79 Å². The van der Waals surface area contributed by atoms with Crippen molar-refractivity contribution < 1.29 is 4.79 Å². The molecule has 1 aromatic heterocycles. The third-order valence-corrected chi connectivity index (χ3v) is 4.47. The maximum atomic E-state index is 12.7. The number of carbonyl (C=O) groups is 1. The van der Waals surface area contributed by atoms with Gasteiger partial charge in [0.1, 0.15) is 6.04 Å². The topological polar surface area (TPSA) is 45.2 Å². The summed E-state index contributed by atoms with van der Waals surface area (Å²) in [5, 5.41) is 3.16. The largest absolute Gasteiger partial charge is 0.335 e. The fraction of sp³-hybridized carbons (Fsp3) is 0.368. The van der Waals surface area contributed by atoms with Gasteiger partial charge in [0.25, 0.3) is 0 Å². The highest BCUT2D eigenvalue weighted by Crippen LogP contribution is 2.26. The predicted octanol–water partition coefficient (Wildman–Crippen LogP) is 3.76. The van der Waals surface area contributed by atoms with E-state index in [4.69, 9.17) is 0 Å². The number of pyridine rings is 1. The van der Waals surface area contributed by atoms with E-state index in [9.17, 15) is 4.79 Å². The van der Waals surface area contributed by atoms with Crippen LogP contribution >= 0.6 is 0 Å². The van der Waals surface area contributed by atoms with Crippen LogP contribution in [0.5, 0.6) is 0 Å². The summed E-state index contributed by atoms with van der Waals surface area (Å²) < 4.78 is 0. The van der Waals surface area contributed by atoms with E-state index in [1.807, 2.05) is 55.6 Å².